The van der Waals surface area contributed by atoms with E-state index in [1.54, 1.807) is 0 Å². The van der Waals surface area contributed by atoms with Crippen LogP contribution >= 0.6 is 11.8 Å². The number of hydrogen-bond donors (Lipinski definition) is 1. The fourth-order valence-electron chi connectivity index (χ4n) is 1.42. The van der Waals surface area contributed by atoms with Gasteiger partial charge in [0, 0.05) is 12.6 Å². The summed E-state index contributed by atoms with van der Waals surface area (Å²) in [5.41, 5.74) is 0. The predicted octanol–water partition coefficient (Wildman–Crippen LogP) is 2.05. The van der Waals surface area contributed by atoms with Gasteiger partial charge in [0.25, 0.3) is 0 Å². The van der Waals surface area contributed by atoms with E-state index in [1.165, 1.54) is 0 Å². The molecule has 1 fully saturated rings. The van der Waals surface area contributed by atoms with E-state index in [-0.39, 0.29) is 6.61 Å². The summed E-state index contributed by atoms with van der Waals surface area (Å²) in [6.07, 6.45) is -2.00. The SMILES string of the molecule is FC(F)(F)COCCNC1CCSCC1. The monoisotopic (exact) mass is 243 g/mol. The predicted molar refractivity (Wildman–Crippen MR) is 55.2 cm³/mol. The molecule has 1 heterocycles. The van der Waals surface area contributed by atoms with Gasteiger partial charge in [-0.05, 0) is 24.3 Å². The molecule has 0 atom stereocenters. The number of hydrogen-bond acceptors (Lipinski definition) is 3. The van der Waals surface area contributed by atoms with Gasteiger partial charge in [0.1, 0.15) is 6.61 Å². The maximum Gasteiger partial charge on any atom is 0.411 e. The van der Waals surface area contributed by atoms with Crippen LogP contribution in [0.3, 0.4) is 0 Å². The molecule has 0 aromatic rings. The fraction of sp³-hybridized carbons (Fsp3) is 1.00. The molecule has 1 rings (SSSR count). The van der Waals surface area contributed by atoms with Crippen LogP contribution in [-0.2, 0) is 4.74 Å². The zero-order valence-corrected chi connectivity index (χ0v) is 9.29. The van der Waals surface area contributed by atoms with Crippen LogP contribution in [0, 0.1) is 0 Å². The van der Waals surface area contributed by atoms with Crippen LogP contribution in [0.15, 0.2) is 0 Å². The molecule has 1 N–H and O–H groups in total. The summed E-state index contributed by atoms with van der Waals surface area (Å²) in [6, 6.07) is 0.459. The third kappa shape index (κ3) is 7.03. The third-order valence-electron chi connectivity index (χ3n) is 2.17. The van der Waals surface area contributed by atoms with Gasteiger partial charge in [-0.2, -0.15) is 24.9 Å². The first-order chi connectivity index (χ1) is 7.08. The Morgan fingerprint density at radius 3 is 2.53 bits per heavy atom. The molecule has 1 aliphatic rings. The molecule has 0 aromatic heterocycles. The van der Waals surface area contributed by atoms with E-state index in [4.69, 9.17) is 0 Å². The minimum atomic E-state index is -4.21. The molecule has 15 heavy (non-hydrogen) atoms. The Bertz CT molecular complexity index is 171. The van der Waals surface area contributed by atoms with E-state index in [2.05, 4.69) is 10.1 Å². The normalized spacial score (nSPS) is 19.4. The molecular weight excluding hydrogens is 227 g/mol. The second kappa shape index (κ2) is 6.60. The first kappa shape index (κ1) is 13.1. The van der Waals surface area contributed by atoms with Gasteiger partial charge < -0.3 is 10.1 Å². The highest BCUT2D eigenvalue weighted by Gasteiger charge is 2.27. The van der Waals surface area contributed by atoms with Gasteiger partial charge in [0.2, 0.25) is 0 Å². The van der Waals surface area contributed by atoms with Crippen LogP contribution in [-0.4, -0.2) is 43.5 Å². The molecule has 0 radical (unpaired) electrons. The van der Waals surface area contributed by atoms with Crippen LogP contribution < -0.4 is 5.32 Å². The second-order valence-electron chi connectivity index (χ2n) is 3.51. The summed E-state index contributed by atoms with van der Waals surface area (Å²) in [5, 5.41) is 3.20. The van der Waals surface area contributed by atoms with Crippen molar-refractivity contribution in [2.45, 2.75) is 25.1 Å². The van der Waals surface area contributed by atoms with Crippen molar-refractivity contribution in [1.29, 1.82) is 0 Å². The zero-order chi connectivity index (χ0) is 11.1. The average molecular weight is 243 g/mol. The Balaban J connectivity index is 1.92. The van der Waals surface area contributed by atoms with Crippen molar-refractivity contribution in [3.8, 4) is 0 Å². The lowest BCUT2D eigenvalue weighted by Gasteiger charge is -2.22. The molecule has 0 spiro atoms. The molecule has 1 saturated heterocycles. The topological polar surface area (TPSA) is 21.3 Å². The van der Waals surface area contributed by atoms with Crippen LogP contribution in [0.5, 0.6) is 0 Å². The van der Waals surface area contributed by atoms with Crippen molar-refractivity contribution < 1.29 is 17.9 Å². The van der Waals surface area contributed by atoms with Crippen LogP contribution in [0.1, 0.15) is 12.8 Å². The molecular formula is C9H16F3NOS. The average Bonchev–Trinajstić information content (AvgIpc) is 2.17. The Labute approximate surface area is 91.9 Å². The quantitative estimate of drug-likeness (QED) is 0.747. The van der Waals surface area contributed by atoms with Gasteiger partial charge >= 0.3 is 6.18 Å². The maximum atomic E-state index is 11.7. The van der Waals surface area contributed by atoms with Crippen molar-refractivity contribution in [3.63, 3.8) is 0 Å². The smallest absolute Gasteiger partial charge is 0.371 e. The Morgan fingerprint density at radius 2 is 1.93 bits per heavy atom. The van der Waals surface area contributed by atoms with E-state index >= 15 is 0 Å². The summed E-state index contributed by atoms with van der Waals surface area (Å²) >= 11 is 1.93. The van der Waals surface area contributed by atoms with Gasteiger partial charge in [-0.15, -0.1) is 0 Å². The Kier molecular flexibility index (Phi) is 5.78. The number of nitrogens with one attached hydrogen (secondary N) is 1. The first-order valence-electron chi connectivity index (χ1n) is 5.03. The molecule has 0 saturated carbocycles. The van der Waals surface area contributed by atoms with E-state index in [9.17, 15) is 13.2 Å². The Morgan fingerprint density at radius 1 is 1.27 bits per heavy atom. The highest BCUT2D eigenvalue weighted by molar-refractivity contribution is 7.99. The van der Waals surface area contributed by atoms with Gasteiger partial charge in [0.05, 0.1) is 6.61 Å². The first-order valence-corrected chi connectivity index (χ1v) is 6.19. The minimum Gasteiger partial charge on any atom is -0.371 e. The highest BCUT2D eigenvalue weighted by atomic mass is 32.2. The molecule has 0 amide bonds. The van der Waals surface area contributed by atoms with Crippen LogP contribution in [0.2, 0.25) is 0 Å². The lowest BCUT2D eigenvalue weighted by molar-refractivity contribution is -0.173. The molecule has 90 valence electrons. The summed E-state index contributed by atoms with van der Waals surface area (Å²) in [4.78, 5) is 0. The number of rotatable bonds is 5. The van der Waals surface area contributed by atoms with Gasteiger partial charge in [-0.25, -0.2) is 0 Å². The van der Waals surface area contributed by atoms with E-state index in [0.717, 1.165) is 24.3 Å². The molecule has 2 nitrogen and oxygen atoms in total. The number of ether oxygens (including phenoxy) is 1. The van der Waals surface area contributed by atoms with Gasteiger partial charge in [-0.3, -0.25) is 0 Å². The summed E-state index contributed by atoms with van der Waals surface area (Å²) < 4.78 is 39.6. The number of halogens is 3. The molecule has 0 unspecified atom stereocenters. The second-order valence-corrected chi connectivity index (χ2v) is 4.73. The highest BCUT2D eigenvalue weighted by Crippen LogP contribution is 2.16. The van der Waals surface area contributed by atoms with E-state index in [1.807, 2.05) is 11.8 Å². The van der Waals surface area contributed by atoms with Crippen molar-refractivity contribution >= 4 is 11.8 Å². The molecule has 0 aromatic carbocycles. The third-order valence-corrected chi connectivity index (χ3v) is 3.22. The number of thioether (sulfide) groups is 1. The molecule has 1 aliphatic heterocycles. The minimum absolute atomic E-state index is 0.128. The molecule has 6 heteroatoms. The van der Waals surface area contributed by atoms with Gasteiger partial charge in [0.15, 0.2) is 0 Å². The summed E-state index contributed by atoms with van der Waals surface area (Å²) in [6.45, 7) is -0.510. The van der Waals surface area contributed by atoms with Crippen molar-refractivity contribution in [2.24, 2.45) is 0 Å². The lowest BCUT2D eigenvalue weighted by Crippen LogP contribution is -2.35. The van der Waals surface area contributed by atoms with Crippen molar-refractivity contribution in [1.82, 2.24) is 5.32 Å². The van der Waals surface area contributed by atoms with Crippen LogP contribution in [0.4, 0.5) is 13.2 Å². The fourth-order valence-corrected chi connectivity index (χ4v) is 2.53. The largest absolute Gasteiger partial charge is 0.411 e. The van der Waals surface area contributed by atoms with Crippen molar-refractivity contribution in [2.75, 3.05) is 31.3 Å². The zero-order valence-electron chi connectivity index (χ0n) is 8.48. The van der Waals surface area contributed by atoms with Gasteiger partial charge in [-0.1, -0.05) is 0 Å². The molecule has 0 aliphatic carbocycles. The standard InChI is InChI=1S/C9H16F3NOS/c10-9(11,12)7-14-4-3-13-8-1-5-15-6-2-8/h8,13H,1-7H2. The molecule has 0 bridgehead atoms. The van der Waals surface area contributed by atoms with E-state index < -0.39 is 12.8 Å². The summed E-state index contributed by atoms with van der Waals surface area (Å²) in [7, 11) is 0. The maximum absolute atomic E-state index is 11.7. The summed E-state index contributed by atoms with van der Waals surface area (Å²) in [5.74, 6) is 2.28. The number of alkyl halides is 3. The van der Waals surface area contributed by atoms with Crippen molar-refractivity contribution in [3.05, 3.63) is 0 Å². The van der Waals surface area contributed by atoms with Crippen LogP contribution in [0.25, 0.3) is 0 Å². The lowest BCUT2D eigenvalue weighted by atomic mass is 10.1. The Hall–Kier alpha value is 0.0600. The van der Waals surface area contributed by atoms with E-state index in [0.29, 0.717) is 12.6 Å².